The standard InChI is InChI=1S/C15H17N5O/c1-11-4-5-13(9-12(11)3-2-7-16)15(21)17-8-6-14-18-10-19-20-14/h4-5,9-10H,6-8,16H2,1H3,(H,17,21)(H,18,19,20). The van der Waals surface area contributed by atoms with E-state index in [1.54, 1.807) is 12.1 Å². The van der Waals surface area contributed by atoms with Gasteiger partial charge in [-0.3, -0.25) is 9.89 Å². The normalized spacial score (nSPS) is 9.81. The molecule has 0 saturated heterocycles. The first-order valence-electron chi connectivity index (χ1n) is 6.62. The summed E-state index contributed by atoms with van der Waals surface area (Å²) in [6, 6.07) is 5.44. The highest BCUT2D eigenvalue weighted by atomic mass is 16.1. The largest absolute Gasteiger partial charge is 0.352 e. The second kappa shape index (κ2) is 7.22. The predicted molar refractivity (Wildman–Crippen MR) is 79.5 cm³/mol. The van der Waals surface area contributed by atoms with Crippen LogP contribution in [-0.2, 0) is 6.42 Å². The molecule has 0 aliphatic carbocycles. The van der Waals surface area contributed by atoms with Crippen LogP contribution >= 0.6 is 0 Å². The fraction of sp³-hybridized carbons (Fsp3) is 0.267. The number of nitrogens with zero attached hydrogens (tertiary/aromatic N) is 2. The Morgan fingerprint density at radius 1 is 1.48 bits per heavy atom. The summed E-state index contributed by atoms with van der Waals surface area (Å²) < 4.78 is 0. The quantitative estimate of drug-likeness (QED) is 0.707. The third kappa shape index (κ3) is 4.16. The van der Waals surface area contributed by atoms with Gasteiger partial charge in [-0.15, -0.1) is 0 Å². The molecule has 1 aromatic heterocycles. The molecule has 0 radical (unpaired) electrons. The molecule has 2 rings (SSSR count). The number of nitrogens with one attached hydrogen (secondary N) is 2. The highest BCUT2D eigenvalue weighted by molar-refractivity contribution is 5.94. The maximum atomic E-state index is 12.1. The lowest BCUT2D eigenvalue weighted by Gasteiger charge is -2.06. The fourth-order valence-corrected chi connectivity index (χ4v) is 1.79. The average molecular weight is 283 g/mol. The molecule has 0 saturated carbocycles. The van der Waals surface area contributed by atoms with Gasteiger partial charge in [0.25, 0.3) is 5.91 Å². The summed E-state index contributed by atoms with van der Waals surface area (Å²) in [5.74, 6) is 6.38. The van der Waals surface area contributed by atoms with Crippen molar-refractivity contribution in [3.63, 3.8) is 0 Å². The van der Waals surface area contributed by atoms with Crippen molar-refractivity contribution in [2.24, 2.45) is 5.73 Å². The zero-order valence-electron chi connectivity index (χ0n) is 11.8. The Balaban J connectivity index is 1.98. The van der Waals surface area contributed by atoms with E-state index in [-0.39, 0.29) is 5.91 Å². The molecular formula is C15H17N5O. The summed E-state index contributed by atoms with van der Waals surface area (Å²) in [4.78, 5) is 16.1. The maximum Gasteiger partial charge on any atom is 0.251 e. The summed E-state index contributed by atoms with van der Waals surface area (Å²) in [6.07, 6.45) is 2.05. The fourth-order valence-electron chi connectivity index (χ4n) is 1.79. The average Bonchev–Trinajstić information content (AvgIpc) is 2.99. The monoisotopic (exact) mass is 283 g/mol. The number of hydrogen-bond donors (Lipinski definition) is 3. The third-order valence-electron chi connectivity index (χ3n) is 2.94. The van der Waals surface area contributed by atoms with Crippen LogP contribution in [0.4, 0.5) is 0 Å². The summed E-state index contributed by atoms with van der Waals surface area (Å²) >= 11 is 0. The van der Waals surface area contributed by atoms with Crippen LogP contribution in [0.1, 0.15) is 27.3 Å². The highest BCUT2D eigenvalue weighted by Gasteiger charge is 2.07. The number of carbonyl (C=O) groups excluding carboxylic acids is 1. The molecule has 0 aliphatic rings. The van der Waals surface area contributed by atoms with Crippen LogP contribution in [-0.4, -0.2) is 34.2 Å². The molecule has 21 heavy (non-hydrogen) atoms. The molecular weight excluding hydrogens is 266 g/mol. The van der Waals surface area contributed by atoms with E-state index in [1.165, 1.54) is 6.33 Å². The summed E-state index contributed by atoms with van der Waals surface area (Å²) in [5, 5.41) is 9.34. The van der Waals surface area contributed by atoms with Gasteiger partial charge in [0.15, 0.2) is 0 Å². The van der Waals surface area contributed by atoms with Gasteiger partial charge in [0, 0.05) is 24.1 Å². The van der Waals surface area contributed by atoms with E-state index < -0.39 is 0 Å². The summed E-state index contributed by atoms with van der Waals surface area (Å²) in [7, 11) is 0. The Hall–Kier alpha value is -2.65. The molecule has 0 spiro atoms. The van der Waals surface area contributed by atoms with E-state index >= 15 is 0 Å². The minimum absolute atomic E-state index is 0.134. The molecule has 6 nitrogen and oxygen atoms in total. The number of H-pyrrole nitrogens is 1. The zero-order valence-corrected chi connectivity index (χ0v) is 11.8. The van der Waals surface area contributed by atoms with E-state index in [0.717, 1.165) is 17.0 Å². The number of nitrogens with two attached hydrogens (primary N) is 1. The van der Waals surface area contributed by atoms with Crippen molar-refractivity contribution in [3.05, 3.63) is 47.0 Å². The molecule has 4 N–H and O–H groups in total. The lowest BCUT2D eigenvalue weighted by atomic mass is 10.0. The van der Waals surface area contributed by atoms with Crippen molar-refractivity contribution in [2.75, 3.05) is 13.1 Å². The molecule has 0 unspecified atom stereocenters. The highest BCUT2D eigenvalue weighted by Crippen LogP contribution is 2.10. The van der Waals surface area contributed by atoms with E-state index in [0.29, 0.717) is 25.1 Å². The van der Waals surface area contributed by atoms with Crippen LogP contribution in [0, 0.1) is 18.8 Å². The van der Waals surface area contributed by atoms with Crippen molar-refractivity contribution in [1.82, 2.24) is 20.5 Å². The number of rotatable bonds is 4. The molecule has 1 heterocycles. The van der Waals surface area contributed by atoms with Gasteiger partial charge in [-0.1, -0.05) is 17.9 Å². The summed E-state index contributed by atoms with van der Waals surface area (Å²) in [5.41, 5.74) is 7.80. The van der Waals surface area contributed by atoms with E-state index in [4.69, 9.17) is 5.73 Å². The van der Waals surface area contributed by atoms with E-state index in [2.05, 4.69) is 32.3 Å². The number of amides is 1. The Labute approximate surface area is 123 Å². The van der Waals surface area contributed by atoms with Crippen LogP contribution in [0.15, 0.2) is 24.5 Å². The van der Waals surface area contributed by atoms with Gasteiger partial charge in [-0.25, -0.2) is 4.98 Å². The molecule has 0 bridgehead atoms. The molecule has 0 fully saturated rings. The van der Waals surface area contributed by atoms with Crippen molar-refractivity contribution in [3.8, 4) is 11.8 Å². The number of aromatic nitrogens is 3. The third-order valence-corrected chi connectivity index (χ3v) is 2.94. The first kappa shape index (κ1) is 14.8. The van der Waals surface area contributed by atoms with Gasteiger partial charge in [0.1, 0.15) is 12.2 Å². The van der Waals surface area contributed by atoms with Gasteiger partial charge >= 0.3 is 0 Å². The predicted octanol–water partition coefficient (Wildman–Crippen LogP) is 0.396. The molecule has 108 valence electrons. The van der Waals surface area contributed by atoms with Crippen molar-refractivity contribution in [2.45, 2.75) is 13.3 Å². The first-order valence-corrected chi connectivity index (χ1v) is 6.62. The number of aromatic amines is 1. The number of aryl methyl sites for hydroxylation is 1. The number of hydrogen-bond acceptors (Lipinski definition) is 4. The second-order valence-electron chi connectivity index (χ2n) is 4.47. The Kier molecular flexibility index (Phi) is 5.07. The SMILES string of the molecule is Cc1ccc(C(=O)NCCc2ncn[nH]2)cc1C#CCN. The van der Waals surface area contributed by atoms with Gasteiger partial charge in [0.05, 0.1) is 6.54 Å². The molecule has 0 aliphatic heterocycles. The summed E-state index contributed by atoms with van der Waals surface area (Å²) in [6.45, 7) is 2.74. The maximum absolute atomic E-state index is 12.1. The second-order valence-corrected chi connectivity index (χ2v) is 4.47. The molecule has 6 heteroatoms. The van der Waals surface area contributed by atoms with Crippen LogP contribution in [0.25, 0.3) is 0 Å². The van der Waals surface area contributed by atoms with Gasteiger partial charge in [-0.05, 0) is 24.6 Å². The number of carbonyl (C=O) groups is 1. The lowest BCUT2D eigenvalue weighted by Crippen LogP contribution is -2.26. The minimum atomic E-state index is -0.134. The van der Waals surface area contributed by atoms with Crippen molar-refractivity contribution < 1.29 is 4.79 Å². The van der Waals surface area contributed by atoms with Crippen molar-refractivity contribution in [1.29, 1.82) is 0 Å². The molecule has 0 atom stereocenters. The van der Waals surface area contributed by atoms with Gasteiger partial charge in [0.2, 0.25) is 0 Å². The topological polar surface area (TPSA) is 96.7 Å². The van der Waals surface area contributed by atoms with Crippen molar-refractivity contribution >= 4 is 5.91 Å². The molecule has 1 amide bonds. The Morgan fingerprint density at radius 2 is 2.33 bits per heavy atom. The van der Waals surface area contributed by atoms with E-state index in [9.17, 15) is 4.79 Å². The van der Waals surface area contributed by atoms with Gasteiger partial charge < -0.3 is 11.1 Å². The molecule has 1 aromatic carbocycles. The lowest BCUT2D eigenvalue weighted by molar-refractivity contribution is 0.0954. The Morgan fingerprint density at radius 3 is 3.05 bits per heavy atom. The zero-order chi connectivity index (χ0) is 15.1. The Bertz CT molecular complexity index is 667. The minimum Gasteiger partial charge on any atom is -0.352 e. The van der Waals surface area contributed by atoms with Crippen LogP contribution < -0.4 is 11.1 Å². The van der Waals surface area contributed by atoms with Crippen LogP contribution in [0.3, 0.4) is 0 Å². The first-order chi connectivity index (χ1) is 10.2. The van der Waals surface area contributed by atoms with E-state index in [1.807, 2.05) is 13.0 Å². The van der Waals surface area contributed by atoms with Gasteiger partial charge in [-0.2, -0.15) is 5.10 Å². The van der Waals surface area contributed by atoms with Crippen LogP contribution in [0.2, 0.25) is 0 Å². The smallest absolute Gasteiger partial charge is 0.251 e. The number of benzene rings is 1. The van der Waals surface area contributed by atoms with Crippen LogP contribution in [0.5, 0.6) is 0 Å². The molecule has 2 aromatic rings.